The average molecular weight is 232 g/mol. The van der Waals surface area contributed by atoms with Crippen molar-refractivity contribution < 1.29 is 18.9 Å². The van der Waals surface area contributed by atoms with Crippen LogP contribution in [0.5, 0.6) is 0 Å². The second-order valence-corrected chi connectivity index (χ2v) is 4.45. The topological polar surface area (TPSA) is 89.0 Å². The van der Waals surface area contributed by atoms with Crippen LogP contribution in [0.2, 0.25) is 0 Å². The smallest absolute Gasteiger partial charge is 0.213 e. The number of hydrogen-bond acceptors (Lipinski definition) is 6. The highest BCUT2D eigenvalue weighted by Gasteiger charge is 2.47. The standard InChI is InChI=1S/C10H20N2O4/c1-2-3-7-10(6-15-9(12)16-7)4-13-8(11)14-5-10/h7-9H,2-6,11-12H2,1H3. The Morgan fingerprint density at radius 2 is 1.62 bits per heavy atom. The Morgan fingerprint density at radius 3 is 2.19 bits per heavy atom. The zero-order valence-corrected chi connectivity index (χ0v) is 9.56. The highest BCUT2D eigenvalue weighted by molar-refractivity contribution is 4.91. The molecule has 2 fully saturated rings. The largest absolute Gasteiger partial charge is 0.339 e. The van der Waals surface area contributed by atoms with E-state index in [4.69, 9.17) is 30.4 Å². The molecular formula is C10H20N2O4. The van der Waals surface area contributed by atoms with Crippen molar-refractivity contribution in [3.05, 3.63) is 0 Å². The molecule has 16 heavy (non-hydrogen) atoms. The SMILES string of the molecule is CCCC1OC(N)OCC12COC(N)OC2. The molecule has 0 bridgehead atoms. The first-order valence-electron chi connectivity index (χ1n) is 5.68. The third-order valence-electron chi connectivity index (χ3n) is 3.14. The first kappa shape index (κ1) is 12.2. The predicted molar refractivity (Wildman–Crippen MR) is 56.0 cm³/mol. The summed E-state index contributed by atoms with van der Waals surface area (Å²) in [6.45, 7) is 3.58. The maximum atomic E-state index is 5.62. The summed E-state index contributed by atoms with van der Waals surface area (Å²) in [6, 6.07) is 0. The van der Waals surface area contributed by atoms with Gasteiger partial charge in [-0.05, 0) is 6.42 Å². The molecule has 0 saturated carbocycles. The van der Waals surface area contributed by atoms with Crippen LogP contribution < -0.4 is 11.5 Å². The molecule has 2 aliphatic rings. The molecule has 0 aromatic rings. The molecule has 4 N–H and O–H groups in total. The Hall–Kier alpha value is -0.240. The van der Waals surface area contributed by atoms with Gasteiger partial charge in [0.1, 0.15) is 0 Å². The molecule has 2 rings (SSSR count). The number of rotatable bonds is 2. The van der Waals surface area contributed by atoms with Crippen LogP contribution in [0, 0.1) is 5.41 Å². The second kappa shape index (κ2) is 4.95. The van der Waals surface area contributed by atoms with E-state index in [0.29, 0.717) is 19.8 Å². The second-order valence-electron chi connectivity index (χ2n) is 4.45. The summed E-state index contributed by atoms with van der Waals surface area (Å²) in [6.07, 6.45) is 0.666. The summed E-state index contributed by atoms with van der Waals surface area (Å²) >= 11 is 0. The zero-order chi connectivity index (χ0) is 11.6. The molecule has 2 saturated heterocycles. The Bertz CT molecular complexity index is 223. The number of ether oxygens (including phenoxy) is 4. The molecule has 94 valence electrons. The quantitative estimate of drug-likeness (QED) is 0.680. The normalized spacial score (nSPS) is 44.8. The Kier molecular flexibility index (Phi) is 3.78. The van der Waals surface area contributed by atoms with Crippen LogP contribution >= 0.6 is 0 Å². The Balaban J connectivity index is 2.04. The van der Waals surface area contributed by atoms with Crippen LogP contribution in [0.25, 0.3) is 0 Å². The van der Waals surface area contributed by atoms with Crippen molar-refractivity contribution in [2.45, 2.75) is 38.7 Å². The van der Waals surface area contributed by atoms with Crippen LogP contribution in [0.1, 0.15) is 19.8 Å². The number of nitrogens with two attached hydrogens (primary N) is 2. The number of hydrogen-bond donors (Lipinski definition) is 2. The summed E-state index contributed by atoms with van der Waals surface area (Å²) in [4.78, 5) is 0. The first-order valence-corrected chi connectivity index (χ1v) is 5.68. The minimum absolute atomic E-state index is 0.00810. The summed E-state index contributed by atoms with van der Waals surface area (Å²) in [5, 5.41) is 0. The first-order chi connectivity index (χ1) is 7.66. The van der Waals surface area contributed by atoms with E-state index in [-0.39, 0.29) is 11.5 Å². The lowest BCUT2D eigenvalue weighted by Crippen LogP contribution is -2.59. The van der Waals surface area contributed by atoms with E-state index in [9.17, 15) is 0 Å². The van der Waals surface area contributed by atoms with Crippen molar-refractivity contribution in [3.8, 4) is 0 Å². The molecule has 2 atom stereocenters. The molecule has 2 heterocycles. The third kappa shape index (κ3) is 2.37. The minimum atomic E-state index is -0.641. The van der Waals surface area contributed by atoms with Gasteiger partial charge in [-0.25, -0.2) is 0 Å². The lowest BCUT2D eigenvalue weighted by atomic mass is 9.81. The van der Waals surface area contributed by atoms with Crippen molar-refractivity contribution in [2.75, 3.05) is 19.8 Å². The highest BCUT2D eigenvalue weighted by Crippen LogP contribution is 2.36. The fourth-order valence-electron chi connectivity index (χ4n) is 2.18. The molecule has 2 aliphatic heterocycles. The van der Waals surface area contributed by atoms with Gasteiger partial charge in [0, 0.05) is 0 Å². The summed E-state index contributed by atoms with van der Waals surface area (Å²) in [7, 11) is 0. The van der Waals surface area contributed by atoms with Gasteiger partial charge in [0.05, 0.1) is 31.3 Å². The van der Waals surface area contributed by atoms with E-state index in [0.717, 1.165) is 12.8 Å². The molecule has 0 aliphatic carbocycles. The van der Waals surface area contributed by atoms with Crippen molar-refractivity contribution in [1.29, 1.82) is 0 Å². The van der Waals surface area contributed by atoms with Gasteiger partial charge < -0.3 is 18.9 Å². The Labute approximate surface area is 95.1 Å². The monoisotopic (exact) mass is 232 g/mol. The molecule has 6 heteroatoms. The lowest BCUT2D eigenvalue weighted by molar-refractivity contribution is -0.327. The maximum absolute atomic E-state index is 5.62. The van der Waals surface area contributed by atoms with Gasteiger partial charge in [0.2, 0.25) is 12.8 Å². The van der Waals surface area contributed by atoms with Crippen molar-refractivity contribution in [2.24, 2.45) is 16.9 Å². The van der Waals surface area contributed by atoms with Gasteiger partial charge in [-0.1, -0.05) is 13.3 Å². The average Bonchev–Trinajstić information content (AvgIpc) is 2.28. The lowest BCUT2D eigenvalue weighted by Gasteiger charge is -2.47. The van der Waals surface area contributed by atoms with Gasteiger partial charge in [-0.15, -0.1) is 0 Å². The van der Waals surface area contributed by atoms with Gasteiger partial charge in [0.25, 0.3) is 0 Å². The molecule has 0 radical (unpaired) electrons. The van der Waals surface area contributed by atoms with Crippen LogP contribution in [-0.4, -0.2) is 38.8 Å². The molecule has 0 aromatic carbocycles. The van der Waals surface area contributed by atoms with E-state index in [1.807, 2.05) is 0 Å². The van der Waals surface area contributed by atoms with E-state index >= 15 is 0 Å². The van der Waals surface area contributed by atoms with E-state index < -0.39 is 12.8 Å². The molecule has 6 nitrogen and oxygen atoms in total. The highest BCUT2D eigenvalue weighted by atomic mass is 16.7. The van der Waals surface area contributed by atoms with Crippen LogP contribution in [0.3, 0.4) is 0 Å². The van der Waals surface area contributed by atoms with E-state index in [1.54, 1.807) is 0 Å². The van der Waals surface area contributed by atoms with Crippen LogP contribution in [0.4, 0.5) is 0 Å². The predicted octanol–water partition coefficient (Wildman–Crippen LogP) is -0.280. The van der Waals surface area contributed by atoms with E-state index in [1.165, 1.54) is 0 Å². The summed E-state index contributed by atoms with van der Waals surface area (Å²) in [5.74, 6) is 0. The molecule has 2 unspecified atom stereocenters. The van der Waals surface area contributed by atoms with Crippen molar-refractivity contribution >= 4 is 0 Å². The maximum Gasteiger partial charge on any atom is 0.213 e. The van der Waals surface area contributed by atoms with Crippen molar-refractivity contribution in [3.63, 3.8) is 0 Å². The fourth-order valence-corrected chi connectivity index (χ4v) is 2.18. The summed E-state index contributed by atoms with van der Waals surface area (Å²) in [5.41, 5.74) is 10.9. The molecule has 0 amide bonds. The van der Waals surface area contributed by atoms with Gasteiger partial charge in [-0.3, -0.25) is 11.5 Å². The zero-order valence-electron chi connectivity index (χ0n) is 9.56. The Morgan fingerprint density at radius 1 is 1.06 bits per heavy atom. The fraction of sp³-hybridized carbons (Fsp3) is 1.00. The van der Waals surface area contributed by atoms with Crippen LogP contribution in [-0.2, 0) is 18.9 Å². The van der Waals surface area contributed by atoms with Gasteiger partial charge in [-0.2, -0.15) is 0 Å². The van der Waals surface area contributed by atoms with Gasteiger partial charge >= 0.3 is 0 Å². The van der Waals surface area contributed by atoms with Gasteiger partial charge in [0.15, 0.2) is 0 Å². The third-order valence-corrected chi connectivity index (χ3v) is 3.14. The summed E-state index contributed by atoms with van der Waals surface area (Å²) < 4.78 is 21.6. The molecule has 1 spiro atoms. The van der Waals surface area contributed by atoms with Crippen molar-refractivity contribution in [1.82, 2.24) is 0 Å². The minimum Gasteiger partial charge on any atom is -0.339 e. The molecule has 0 aromatic heterocycles. The van der Waals surface area contributed by atoms with E-state index in [2.05, 4.69) is 6.92 Å². The molecular weight excluding hydrogens is 212 g/mol. The van der Waals surface area contributed by atoms with Crippen LogP contribution in [0.15, 0.2) is 0 Å².